The van der Waals surface area contributed by atoms with Gasteiger partial charge in [-0.2, -0.15) is 0 Å². The fourth-order valence-corrected chi connectivity index (χ4v) is 2.25. The monoisotopic (exact) mass is 307 g/mol. The Morgan fingerprint density at radius 3 is 2.45 bits per heavy atom. The number of aliphatic carboxylic acids is 1. The third-order valence-corrected chi connectivity index (χ3v) is 3.67. The molecule has 22 heavy (non-hydrogen) atoms. The van der Waals surface area contributed by atoms with Gasteiger partial charge in [0.25, 0.3) is 0 Å². The van der Waals surface area contributed by atoms with E-state index in [0.717, 1.165) is 12.0 Å². The minimum Gasteiger partial charge on any atom is -0.481 e. The Kier molecular flexibility index (Phi) is 8.04. The lowest BCUT2D eigenvalue weighted by Gasteiger charge is -2.20. The molecule has 1 atom stereocenters. The van der Waals surface area contributed by atoms with Crippen molar-refractivity contribution in [2.75, 3.05) is 6.54 Å². The minimum absolute atomic E-state index is 0.168. The van der Waals surface area contributed by atoms with Crippen LogP contribution in [0.15, 0.2) is 30.3 Å². The Labute approximate surface area is 131 Å². The van der Waals surface area contributed by atoms with Crippen molar-refractivity contribution in [3.05, 3.63) is 35.9 Å². The first-order valence-corrected chi connectivity index (χ1v) is 7.65. The van der Waals surface area contributed by atoms with Crippen molar-refractivity contribution < 1.29 is 19.4 Å². The number of carbonyl (C=O) groups excluding carboxylic acids is 1. The van der Waals surface area contributed by atoms with E-state index in [2.05, 4.69) is 19.2 Å². The largest absolute Gasteiger partial charge is 0.481 e. The molecule has 0 spiro atoms. The Bertz CT molecular complexity index is 459. The van der Waals surface area contributed by atoms with Crippen LogP contribution in [0.5, 0.6) is 0 Å². The summed E-state index contributed by atoms with van der Waals surface area (Å²) in [5.74, 6) is -0.104. The van der Waals surface area contributed by atoms with E-state index >= 15 is 0 Å². The van der Waals surface area contributed by atoms with E-state index < -0.39 is 12.1 Å². The summed E-state index contributed by atoms with van der Waals surface area (Å²) in [5.41, 5.74) is 0.944. The van der Waals surface area contributed by atoms with Crippen LogP contribution in [0, 0.1) is 11.8 Å². The van der Waals surface area contributed by atoms with Gasteiger partial charge in [-0.1, -0.05) is 44.2 Å². The molecule has 0 saturated heterocycles. The quantitative estimate of drug-likeness (QED) is 0.732. The van der Waals surface area contributed by atoms with Crippen molar-refractivity contribution in [1.82, 2.24) is 5.32 Å². The number of rotatable bonds is 9. The lowest BCUT2D eigenvalue weighted by Crippen LogP contribution is -2.27. The molecule has 1 amide bonds. The van der Waals surface area contributed by atoms with Gasteiger partial charge in [0.2, 0.25) is 0 Å². The zero-order chi connectivity index (χ0) is 16.4. The van der Waals surface area contributed by atoms with E-state index in [1.807, 2.05) is 30.3 Å². The lowest BCUT2D eigenvalue weighted by atomic mass is 9.88. The van der Waals surface area contributed by atoms with Crippen LogP contribution in [0.1, 0.15) is 38.7 Å². The molecule has 5 nitrogen and oxygen atoms in total. The van der Waals surface area contributed by atoms with Gasteiger partial charge in [-0.3, -0.25) is 4.79 Å². The van der Waals surface area contributed by atoms with Crippen LogP contribution in [0.4, 0.5) is 4.79 Å². The van der Waals surface area contributed by atoms with Gasteiger partial charge in [0, 0.05) is 13.0 Å². The summed E-state index contributed by atoms with van der Waals surface area (Å²) in [7, 11) is 0. The second-order valence-electron chi connectivity index (χ2n) is 5.71. The number of ether oxygens (including phenoxy) is 1. The standard InChI is InChI=1S/C17H25NO4/c1-13(2)15(8-9-16(19)20)10-11-18-17(21)22-12-14-6-4-3-5-7-14/h3-7,13,15H,8-12H2,1-2H3,(H,18,21)(H,19,20). The van der Waals surface area contributed by atoms with E-state index in [0.29, 0.717) is 18.9 Å². The summed E-state index contributed by atoms with van der Waals surface area (Å²) in [6.07, 6.45) is 1.12. The zero-order valence-electron chi connectivity index (χ0n) is 13.2. The Balaban J connectivity index is 2.23. The number of hydrogen-bond acceptors (Lipinski definition) is 3. The zero-order valence-corrected chi connectivity index (χ0v) is 13.2. The van der Waals surface area contributed by atoms with Crippen molar-refractivity contribution in [3.63, 3.8) is 0 Å². The molecule has 1 unspecified atom stereocenters. The maximum Gasteiger partial charge on any atom is 0.407 e. The van der Waals surface area contributed by atoms with Gasteiger partial charge in [-0.25, -0.2) is 4.79 Å². The van der Waals surface area contributed by atoms with Gasteiger partial charge in [0.15, 0.2) is 0 Å². The molecule has 0 fully saturated rings. The maximum atomic E-state index is 11.6. The van der Waals surface area contributed by atoms with Crippen molar-refractivity contribution in [2.24, 2.45) is 11.8 Å². The highest BCUT2D eigenvalue weighted by Crippen LogP contribution is 2.20. The summed E-state index contributed by atoms with van der Waals surface area (Å²) in [6.45, 7) is 4.88. The van der Waals surface area contributed by atoms with Crippen LogP contribution in [0.3, 0.4) is 0 Å². The molecule has 2 N–H and O–H groups in total. The number of amides is 1. The fraction of sp³-hybridized carbons (Fsp3) is 0.529. The minimum atomic E-state index is -0.777. The molecule has 0 bridgehead atoms. The highest BCUT2D eigenvalue weighted by Gasteiger charge is 2.15. The van der Waals surface area contributed by atoms with Gasteiger partial charge in [-0.15, -0.1) is 0 Å². The van der Waals surface area contributed by atoms with Crippen LogP contribution >= 0.6 is 0 Å². The summed E-state index contributed by atoms with van der Waals surface area (Å²) in [4.78, 5) is 22.2. The summed E-state index contributed by atoms with van der Waals surface area (Å²) in [5, 5.41) is 11.5. The number of nitrogens with one attached hydrogen (secondary N) is 1. The number of carboxylic acid groups (broad SMARTS) is 1. The van der Waals surface area contributed by atoms with E-state index in [-0.39, 0.29) is 18.9 Å². The SMILES string of the molecule is CC(C)C(CCNC(=O)OCc1ccccc1)CCC(=O)O. The Hall–Kier alpha value is -2.04. The average molecular weight is 307 g/mol. The summed E-state index contributed by atoms with van der Waals surface area (Å²) >= 11 is 0. The molecule has 1 aromatic rings. The lowest BCUT2D eigenvalue weighted by molar-refractivity contribution is -0.137. The molecule has 1 rings (SSSR count). The van der Waals surface area contributed by atoms with Crippen molar-refractivity contribution in [2.45, 2.75) is 39.7 Å². The van der Waals surface area contributed by atoms with Crippen molar-refractivity contribution in [3.8, 4) is 0 Å². The van der Waals surface area contributed by atoms with E-state index in [1.165, 1.54) is 0 Å². The third-order valence-electron chi connectivity index (χ3n) is 3.67. The first-order chi connectivity index (χ1) is 10.5. The van der Waals surface area contributed by atoms with Crippen molar-refractivity contribution >= 4 is 12.1 Å². The number of hydrogen-bond donors (Lipinski definition) is 2. The highest BCUT2D eigenvalue weighted by molar-refractivity contribution is 5.67. The molecule has 0 aliphatic carbocycles. The molecule has 0 aliphatic rings. The predicted molar refractivity (Wildman–Crippen MR) is 84.4 cm³/mol. The van der Waals surface area contributed by atoms with Crippen LogP contribution in [0.25, 0.3) is 0 Å². The third kappa shape index (κ3) is 7.67. The smallest absolute Gasteiger partial charge is 0.407 e. The Morgan fingerprint density at radius 2 is 1.86 bits per heavy atom. The average Bonchev–Trinajstić information content (AvgIpc) is 2.49. The number of carbonyl (C=O) groups is 2. The van der Waals surface area contributed by atoms with Crippen LogP contribution in [-0.4, -0.2) is 23.7 Å². The molecule has 0 radical (unpaired) electrons. The van der Waals surface area contributed by atoms with E-state index in [4.69, 9.17) is 9.84 Å². The topological polar surface area (TPSA) is 75.6 Å². The maximum absolute atomic E-state index is 11.6. The number of carboxylic acids is 1. The predicted octanol–water partition coefficient (Wildman–Crippen LogP) is 3.44. The van der Waals surface area contributed by atoms with Crippen LogP contribution in [0.2, 0.25) is 0 Å². The van der Waals surface area contributed by atoms with Crippen molar-refractivity contribution in [1.29, 1.82) is 0 Å². The van der Waals surface area contributed by atoms with Gasteiger partial charge >= 0.3 is 12.1 Å². The van der Waals surface area contributed by atoms with Gasteiger partial charge in [0.05, 0.1) is 0 Å². The van der Waals surface area contributed by atoms with Crippen LogP contribution < -0.4 is 5.32 Å². The highest BCUT2D eigenvalue weighted by atomic mass is 16.5. The van der Waals surface area contributed by atoms with Crippen LogP contribution in [-0.2, 0) is 16.1 Å². The normalized spacial score (nSPS) is 12.0. The first kappa shape index (κ1) is 18.0. The summed E-state index contributed by atoms with van der Waals surface area (Å²) < 4.78 is 5.12. The molecule has 1 aromatic carbocycles. The number of benzene rings is 1. The molecule has 5 heteroatoms. The molecule has 0 aliphatic heterocycles. The fourth-order valence-electron chi connectivity index (χ4n) is 2.25. The van der Waals surface area contributed by atoms with Gasteiger partial charge in [0.1, 0.15) is 6.61 Å². The Morgan fingerprint density at radius 1 is 1.18 bits per heavy atom. The first-order valence-electron chi connectivity index (χ1n) is 7.65. The molecule has 0 saturated carbocycles. The van der Waals surface area contributed by atoms with Gasteiger partial charge in [-0.05, 0) is 30.2 Å². The second kappa shape index (κ2) is 9.82. The molecule has 0 aromatic heterocycles. The number of alkyl carbamates (subject to hydrolysis) is 1. The second-order valence-corrected chi connectivity index (χ2v) is 5.71. The molecule has 122 valence electrons. The van der Waals surface area contributed by atoms with E-state index in [9.17, 15) is 9.59 Å². The molecular formula is C17H25NO4. The summed E-state index contributed by atoms with van der Waals surface area (Å²) in [6, 6.07) is 9.49. The van der Waals surface area contributed by atoms with Gasteiger partial charge < -0.3 is 15.2 Å². The van der Waals surface area contributed by atoms with E-state index in [1.54, 1.807) is 0 Å². The molecule has 0 heterocycles. The molecular weight excluding hydrogens is 282 g/mol.